The molecule has 160 valence electrons. The van der Waals surface area contributed by atoms with E-state index in [1.165, 1.54) is 24.3 Å². The number of fused-ring (bicyclic) bond motifs is 1. The maximum Gasteiger partial charge on any atom is 0.321 e. The molecule has 3 amide bonds. The van der Waals surface area contributed by atoms with Crippen LogP contribution in [0.25, 0.3) is 11.1 Å². The summed E-state index contributed by atoms with van der Waals surface area (Å²) in [7, 11) is 0. The molecule has 8 heteroatoms. The van der Waals surface area contributed by atoms with Crippen LogP contribution >= 0.6 is 0 Å². The molecule has 2 aromatic carbocycles. The number of amides is 3. The predicted molar refractivity (Wildman–Crippen MR) is 113 cm³/mol. The second-order valence-corrected chi connectivity index (χ2v) is 8.08. The Bertz CT molecular complexity index is 1120. The molecule has 0 unspecified atom stereocenters. The highest BCUT2D eigenvalue weighted by molar-refractivity contribution is 5.94. The molecule has 1 N–H and O–H groups in total. The topological polar surface area (TPSA) is 78.7 Å². The molecule has 1 aliphatic heterocycles. The first kappa shape index (κ1) is 19.5. The number of aromatic nitrogens is 1. The number of anilines is 1. The second-order valence-electron chi connectivity index (χ2n) is 8.08. The van der Waals surface area contributed by atoms with Gasteiger partial charge < -0.3 is 19.5 Å². The van der Waals surface area contributed by atoms with E-state index in [1.54, 1.807) is 9.80 Å². The van der Waals surface area contributed by atoms with Crippen LogP contribution in [-0.4, -0.2) is 52.9 Å². The highest BCUT2D eigenvalue weighted by Crippen LogP contribution is 2.40. The van der Waals surface area contributed by atoms with Gasteiger partial charge in [-0.2, -0.15) is 0 Å². The molecule has 31 heavy (non-hydrogen) atoms. The van der Waals surface area contributed by atoms with E-state index in [0.29, 0.717) is 49.8 Å². The molecule has 1 aromatic heterocycles. The Morgan fingerprint density at radius 3 is 2.52 bits per heavy atom. The largest absolute Gasteiger partial charge is 0.440 e. The molecule has 2 fully saturated rings. The summed E-state index contributed by atoms with van der Waals surface area (Å²) in [5.41, 5.74) is 2.58. The third-order valence-corrected chi connectivity index (χ3v) is 5.74. The van der Waals surface area contributed by atoms with Gasteiger partial charge in [-0.1, -0.05) is 0 Å². The van der Waals surface area contributed by atoms with Crippen molar-refractivity contribution in [2.24, 2.45) is 0 Å². The average molecular weight is 422 g/mol. The Morgan fingerprint density at radius 1 is 1.00 bits per heavy atom. The molecule has 3 aromatic rings. The number of hydrogen-bond donors (Lipinski definition) is 1. The zero-order chi connectivity index (χ0) is 21.4. The molecular formula is C23H23FN4O3. The van der Waals surface area contributed by atoms with Crippen LogP contribution in [0.2, 0.25) is 0 Å². The first-order chi connectivity index (χ1) is 15.1. The van der Waals surface area contributed by atoms with Gasteiger partial charge in [-0.15, -0.1) is 0 Å². The van der Waals surface area contributed by atoms with Crippen LogP contribution in [0.4, 0.5) is 14.9 Å². The number of carbonyl (C=O) groups is 2. The van der Waals surface area contributed by atoms with Crippen LogP contribution in [0.15, 0.2) is 46.9 Å². The van der Waals surface area contributed by atoms with Gasteiger partial charge in [0.05, 0.1) is 0 Å². The second kappa shape index (κ2) is 8.02. The van der Waals surface area contributed by atoms with Crippen LogP contribution in [-0.2, 0) is 0 Å². The van der Waals surface area contributed by atoms with Gasteiger partial charge in [-0.25, -0.2) is 14.2 Å². The number of nitrogens with one attached hydrogen (secondary N) is 1. The monoisotopic (exact) mass is 422 g/mol. The molecule has 5 rings (SSSR count). The van der Waals surface area contributed by atoms with Crippen LogP contribution < -0.4 is 5.32 Å². The van der Waals surface area contributed by atoms with Crippen LogP contribution in [0, 0.1) is 5.82 Å². The Kier molecular flexibility index (Phi) is 5.05. The molecule has 0 spiro atoms. The Morgan fingerprint density at radius 2 is 1.74 bits per heavy atom. The van der Waals surface area contributed by atoms with Gasteiger partial charge >= 0.3 is 6.03 Å². The van der Waals surface area contributed by atoms with Crippen molar-refractivity contribution in [1.29, 1.82) is 0 Å². The standard InChI is InChI=1S/C23H23FN4O3/c24-17-6-4-16(5-7-17)22(29)27-10-1-11-28(13-12-27)23(30)25-18-8-9-20-19(14-18)26-21(31-20)15-2-3-15/h4-9,14-15H,1-3,10-13H2,(H,25,30). The number of oxazole rings is 1. The van der Waals surface area contributed by atoms with Gasteiger partial charge in [0, 0.05) is 43.3 Å². The number of urea groups is 1. The van der Waals surface area contributed by atoms with Crippen LogP contribution in [0.1, 0.15) is 41.4 Å². The average Bonchev–Trinajstić information content (AvgIpc) is 3.57. The molecule has 0 atom stereocenters. The number of rotatable bonds is 3. The molecule has 2 heterocycles. The Hall–Kier alpha value is -3.42. The van der Waals surface area contributed by atoms with Crippen molar-refractivity contribution in [3.8, 4) is 0 Å². The lowest BCUT2D eigenvalue weighted by Crippen LogP contribution is -2.39. The van der Waals surface area contributed by atoms with Crippen molar-refractivity contribution < 1.29 is 18.4 Å². The highest BCUT2D eigenvalue weighted by atomic mass is 19.1. The van der Waals surface area contributed by atoms with Crippen LogP contribution in [0.3, 0.4) is 0 Å². The minimum Gasteiger partial charge on any atom is -0.440 e. The third-order valence-electron chi connectivity index (χ3n) is 5.74. The van der Waals surface area contributed by atoms with Crippen LogP contribution in [0.5, 0.6) is 0 Å². The van der Waals surface area contributed by atoms with Gasteiger partial charge in [-0.05, 0) is 61.7 Å². The van der Waals surface area contributed by atoms with E-state index in [2.05, 4.69) is 10.3 Å². The van der Waals surface area contributed by atoms with Crippen molar-refractivity contribution in [3.63, 3.8) is 0 Å². The summed E-state index contributed by atoms with van der Waals surface area (Å²) in [6.45, 7) is 1.96. The number of benzene rings is 2. The number of carbonyl (C=O) groups excluding carboxylic acids is 2. The summed E-state index contributed by atoms with van der Waals surface area (Å²) in [6, 6.07) is 10.8. The van der Waals surface area contributed by atoms with Crippen molar-refractivity contribution in [2.45, 2.75) is 25.2 Å². The lowest BCUT2D eigenvalue weighted by atomic mass is 10.2. The summed E-state index contributed by atoms with van der Waals surface area (Å²) in [5.74, 6) is 0.688. The molecule has 7 nitrogen and oxygen atoms in total. The van der Waals surface area contributed by atoms with Crippen molar-refractivity contribution >= 4 is 28.7 Å². The SMILES string of the molecule is O=C(Nc1ccc2oc(C3CC3)nc2c1)N1CCCN(C(=O)c2ccc(F)cc2)CC1. The van der Waals surface area contributed by atoms with Gasteiger partial charge in [0.2, 0.25) is 0 Å². The molecule has 0 bridgehead atoms. The summed E-state index contributed by atoms with van der Waals surface area (Å²) < 4.78 is 18.9. The van der Waals surface area contributed by atoms with Crippen molar-refractivity contribution in [1.82, 2.24) is 14.8 Å². The summed E-state index contributed by atoms with van der Waals surface area (Å²) in [6.07, 6.45) is 2.91. The quantitative estimate of drug-likeness (QED) is 0.685. The number of halogens is 1. The van der Waals surface area contributed by atoms with E-state index < -0.39 is 0 Å². The van der Waals surface area contributed by atoms with Gasteiger partial charge in [0.1, 0.15) is 11.3 Å². The minimum atomic E-state index is -0.372. The zero-order valence-electron chi connectivity index (χ0n) is 17.0. The van der Waals surface area contributed by atoms with E-state index in [0.717, 1.165) is 29.8 Å². The maximum atomic E-state index is 13.1. The Balaban J connectivity index is 1.21. The maximum absolute atomic E-state index is 13.1. The molecule has 2 aliphatic rings. The molecule has 1 saturated carbocycles. The van der Waals surface area contributed by atoms with E-state index >= 15 is 0 Å². The first-order valence-electron chi connectivity index (χ1n) is 10.6. The minimum absolute atomic E-state index is 0.148. The molecule has 1 saturated heterocycles. The molecule has 1 aliphatic carbocycles. The highest BCUT2D eigenvalue weighted by Gasteiger charge is 2.29. The fourth-order valence-corrected chi connectivity index (χ4v) is 3.83. The molecule has 0 radical (unpaired) electrons. The summed E-state index contributed by atoms with van der Waals surface area (Å²) in [4.78, 5) is 33.4. The smallest absolute Gasteiger partial charge is 0.321 e. The lowest BCUT2D eigenvalue weighted by Gasteiger charge is -2.22. The van der Waals surface area contributed by atoms with Gasteiger partial charge in [0.25, 0.3) is 5.91 Å². The Labute approximate surface area is 178 Å². The van der Waals surface area contributed by atoms with Gasteiger partial charge in [0.15, 0.2) is 11.5 Å². The van der Waals surface area contributed by atoms with E-state index in [9.17, 15) is 14.0 Å². The normalized spacial score (nSPS) is 16.9. The fourth-order valence-electron chi connectivity index (χ4n) is 3.83. The van der Waals surface area contributed by atoms with Crippen molar-refractivity contribution in [2.75, 3.05) is 31.5 Å². The summed E-state index contributed by atoms with van der Waals surface area (Å²) in [5, 5.41) is 2.93. The molecular weight excluding hydrogens is 399 g/mol. The fraction of sp³-hybridized carbons (Fsp3) is 0.348. The predicted octanol–water partition coefficient (Wildman–Crippen LogP) is 4.22. The lowest BCUT2D eigenvalue weighted by molar-refractivity contribution is 0.0762. The number of nitrogens with zero attached hydrogens (tertiary/aromatic N) is 3. The summed E-state index contributed by atoms with van der Waals surface area (Å²) >= 11 is 0. The number of hydrogen-bond acceptors (Lipinski definition) is 4. The van der Waals surface area contributed by atoms with Gasteiger partial charge in [-0.3, -0.25) is 4.79 Å². The van der Waals surface area contributed by atoms with Crippen molar-refractivity contribution in [3.05, 3.63) is 59.7 Å². The van der Waals surface area contributed by atoms with E-state index in [-0.39, 0.29) is 17.8 Å². The van der Waals surface area contributed by atoms with E-state index in [1.807, 2.05) is 18.2 Å². The first-order valence-corrected chi connectivity index (χ1v) is 10.6. The van der Waals surface area contributed by atoms with E-state index in [4.69, 9.17) is 4.42 Å². The third kappa shape index (κ3) is 4.23. The zero-order valence-corrected chi connectivity index (χ0v) is 17.0.